The molecule has 1 aliphatic heterocycles. The molecule has 0 radical (unpaired) electrons. The molecule has 6 heteroatoms. The standard InChI is InChI=1S/C15H24N2O3S/c1-3-20-14-5-4-8-17(11-14)21(18,19)15-7-6-13(10-16)9-12(15)2/h6-7,9,14H,3-5,8,10-11,16H2,1-2H3. The second kappa shape index (κ2) is 6.87. The molecule has 118 valence electrons. The number of aryl methyl sites for hydroxylation is 1. The Hall–Kier alpha value is -0.950. The fourth-order valence-electron chi connectivity index (χ4n) is 2.76. The average Bonchev–Trinajstić information content (AvgIpc) is 2.47. The molecule has 0 amide bonds. The van der Waals surface area contributed by atoms with Gasteiger partial charge in [0, 0.05) is 26.2 Å². The summed E-state index contributed by atoms with van der Waals surface area (Å²) in [5.74, 6) is 0. The Balaban J connectivity index is 2.25. The smallest absolute Gasteiger partial charge is 0.243 e. The van der Waals surface area contributed by atoms with E-state index >= 15 is 0 Å². The minimum atomic E-state index is -3.46. The molecule has 0 bridgehead atoms. The molecule has 1 aromatic carbocycles. The molecule has 1 heterocycles. The molecule has 0 spiro atoms. The van der Waals surface area contributed by atoms with Crippen molar-refractivity contribution in [3.05, 3.63) is 29.3 Å². The Bertz CT molecular complexity index is 585. The van der Waals surface area contributed by atoms with Gasteiger partial charge in [-0.2, -0.15) is 4.31 Å². The van der Waals surface area contributed by atoms with E-state index in [1.54, 1.807) is 16.4 Å². The predicted molar refractivity (Wildman–Crippen MR) is 82.5 cm³/mol. The van der Waals surface area contributed by atoms with Crippen molar-refractivity contribution >= 4 is 10.0 Å². The second-order valence-electron chi connectivity index (χ2n) is 5.39. The van der Waals surface area contributed by atoms with Gasteiger partial charge in [-0.05, 0) is 43.9 Å². The van der Waals surface area contributed by atoms with Crippen molar-refractivity contribution in [2.24, 2.45) is 5.73 Å². The number of ether oxygens (including phenoxy) is 1. The van der Waals surface area contributed by atoms with E-state index in [-0.39, 0.29) is 6.10 Å². The number of hydrogen-bond acceptors (Lipinski definition) is 4. The average molecular weight is 312 g/mol. The van der Waals surface area contributed by atoms with E-state index in [0.717, 1.165) is 24.0 Å². The highest BCUT2D eigenvalue weighted by Crippen LogP contribution is 2.25. The van der Waals surface area contributed by atoms with Gasteiger partial charge in [-0.1, -0.05) is 12.1 Å². The van der Waals surface area contributed by atoms with Gasteiger partial charge >= 0.3 is 0 Å². The largest absolute Gasteiger partial charge is 0.377 e. The highest BCUT2D eigenvalue weighted by molar-refractivity contribution is 7.89. The molecular weight excluding hydrogens is 288 g/mol. The number of rotatable bonds is 5. The first-order chi connectivity index (χ1) is 9.98. The van der Waals surface area contributed by atoms with Gasteiger partial charge in [-0.3, -0.25) is 0 Å². The lowest BCUT2D eigenvalue weighted by Crippen LogP contribution is -2.43. The first kappa shape index (κ1) is 16.4. The molecule has 2 rings (SSSR count). The number of nitrogens with two attached hydrogens (primary N) is 1. The van der Waals surface area contributed by atoms with E-state index in [1.807, 2.05) is 19.9 Å². The molecule has 0 saturated carbocycles. The van der Waals surface area contributed by atoms with Crippen molar-refractivity contribution in [3.63, 3.8) is 0 Å². The van der Waals surface area contributed by atoms with E-state index in [0.29, 0.717) is 31.1 Å². The third-order valence-electron chi connectivity index (χ3n) is 3.84. The molecule has 1 aromatic rings. The summed E-state index contributed by atoms with van der Waals surface area (Å²) in [5.41, 5.74) is 7.28. The van der Waals surface area contributed by atoms with Crippen molar-refractivity contribution in [2.75, 3.05) is 19.7 Å². The van der Waals surface area contributed by atoms with Gasteiger partial charge in [0.05, 0.1) is 11.0 Å². The molecule has 1 unspecified atom stereocenters. The fourth-order valence-corrected chi connectivity index (χ4v) is 4.48. The van der Waals surface area contributed by atoms with Crippen LogP contribution in [0, 0.1) is 6.92 Å². The summed E-state index contributed by atoms with van der Waals surface area (Å²) in [7, 11) is -3.46. The van der Waals surface area contributed by atoms with Gasteiger partial charge in [0.15, 0.2) is 0 Å². The Morgan fingerprint density at radius 2 is 2.19 bits per heavy atom. The Morgan fingerprint density at radius 3 is 2.81 bits per heavy atom. The monoisotopic (exact) mass is 312 g/mol. The molecule has 21 heavy (non-hydrogen) atoms. The van der Waals surface area contributed by atoms with Crippen LogP contribution in [0.15, 0.2) is 23.1 Å². The summed E-state index contributed by atoms with van der Waals surface area (Å²) in [5, 5.41) is 0. The third-order valence-corrected chi connectivity index (χ3v) is 5.86. The highest BCUT2D eigenvalue weighted by Gasteiger charge is 2.31. The normalized spacial score (nSPS) is 20.6. The molecular formula is C15H24N2O3S. The second-order valence-corrected chi connectivity index (χ2v) is 7.29. The van der Waals surface area contributed by atoms with Crippen LogP contribution in [0.2, 0.25) is 0 Å². The molecule has 5 nitrogen and oxygen atoms in total. The van der Waals surface area contributed by atoms with E-state index in [9.17, 15) is 8.42 Å². The Labute approximate surface area is 127 Å². The minimum Gasteiger partial charge on any atom is -0.377 e. The van der Waals surface area contributed by atoms with Crippen LogP contribution >= 0.6 is 0 Å². The summed E-state index contributed by atoms with van der Waals surface area (Å²) in [6.45, 7) is 5.78. The van der Waals surface area contributed by atoms with Gasteiger partial charge in [0.2, 0.25) is 10.0 Å². The van der Waals surface area contributed by atoms with Gasteiger partial charge in [-0.15, -0.1) is 0 Å². The lowest BCUT2D eigenvalue weighted by molar-refractivity contribution is 0.0265. The van der Waals surface area contributed by atoms with Crippen LogP contribution in [0.1, 0.15) is 30.9 Å². The first-order valence-electron chi connectivity index (χ1n) is 7.40. The van der Waals surface area contributed by atoms with E-state index in [2.05, 4.69) is 0 Å². The number of nitrogens with zero attached hydrogens (tertiary/aromatic N) is 1. The third kappa shape index (κ3) is 3.63. The summed E-state index contributed by atoms with van der Waals surface area (Å²) < 4.78 is 32.7. The molecule has 1 atom stereocenters. The van der Waals surface area contributed by atoms with Crippen LogP contribution in [0.3, 0.4) is 0 Å². The van der Waals surface area contributed by atoms with Gasteiger partial charge < -0.3 is 10.5 Å². The topological polar surface area (TPSA) is 72.6 Å². The summed E-state index contributed by atoms with van der Waals surface area (Å²) in [4.78, 5) is 0.372. The van der Waals surface area contributed by atoms with Crippen LogP contribution in [0.25, 0.3) is 0 Å². The Kier molecular flexibility index (Phi) is 5.37. The zero-order chi connectivity index (χ0) is 15.5. The molecule has 2 N–H and O–H groups in total. The van der Waals surface area contributed by atoms with Crippen LogP contribution in [0.5, 0.6) is 0 Å². The highest BCUT2D eigenvalue weighted by atomic mass is 32.2. The lowest BCUT2D eigenvalue weighted by atomic mass is 10.1. The van der Waals surface area contributed by atoms with Crippen molar-refractivity contribution < 1.29 is 13.2 Å². The van der Waals surface area contributed by atoms with Crippen molar-refractivity contribution in [2.45, 2.75) is 44.2 Å². The van der Waals surface area contributed by atoms with Gasteiger partial charge in [0.1, 0.15) is 0 Å². The molecule has 1 fully saturated rings. The zero-order valence-corrected chi connectivity index (χ0v) is 13.5. The van der Waals surface area contributed by atoms with E-state index in [1.165, 1.54) is 0 Å². The van der Waals surface area contributed by atoms with E-state index in [4.69, 9.17) is 10.5 Å². The molecule has 0 aliphatic carbocycles. The number of hydrogen-bond donors (Lipinski definition) is 1. The van der Waals surface area contributed by atoms with Crippen LogP contribution in [0.4, 0.5) is 0 Å². The van der Waals surface area contributed by atoms with Gasteiger partial charge in [-0.25, -0.2) is 8.42 Å². The fraction of sp³-hybridized carbons (Fsp3) is 0.600. The number of sulfonamides is 1. The molecule has 0 aromatic heterocycles. The van der Waals surface area contributed by atoms with Crippen LogP contribution in [-0.2, 0) is 21.3 Å². The van der Waals surface area contributed by atoms with Crippen molar-refractivity contribution in [1.29, 1.82) is 0 Å². The van der Waals surface area contributed by atoms with Crippen molar-refractivity contribution in [3.8, 4) is 0 Å². The quantitative estimate of drug-likeness (QED) is 0.897. The predicted octanol–water partition coefficient (Wildman–Crippen LogP) is 1.64. The van der Waals surface area contributed by atoms with Crippen molar-refractivity contribution in [1.82, 2.24) is 4.31 Å². The SMILES string of the molecule is CCOC1CCCN(S(=O)(=O)c2ccc(CN)cc2C)C1. The number of piperidine rings is 1. The first-order valence-corrected chi connectivity index (χ1v) is 8.84. The lowest BCUT2D eigenvalue weighted by Gasteiger charge is -2.32. The number of benzene rings is 1. The van der Waals surface area contributed by atoms with Crippen LogP contribution < -0.4 is 5.73 Å². The summed E-state index contributed by atoms with van der Waals surface area (Å²) >= 11 is 0. The summed E-state index contributed by atoms with van der Waals surface area (Å²) in [6, 6.07) is 5.29. The maximum absolute atomic E-state index is 12.8. The molecule has 1 aliphatic rings. The summed E-state index contributed by atoms with van der Waals surface area (Å²) in [6.07, 6.45) is 1.76. The van der Waals surface area contributed by atoms with Crippen LogP contribution in [-0.4, -0.2) is 38.5 Å². The van der Waals surface area contributed by atoms with E-state index < -0.39 is 10.0 Å². The Morgan fingerprint density at radius 1 is 1.43 bits per heavy atom. The minimum absolute atomic E-state index is 0.00199. The molecule has 1 saturated heterocycles. The maximum atomic E-state index is 12.8. The maximum Gasteiger partial charge on any atom is 0.243 e. The van der Waals surface area contributed by atoms with Gasteiger partial charge in [0.25, 0.3) is 0 Å². The zero-order valence-electron chi connectivity index (χ0n) is 12.7.